The third-order valence-corrected chi connectivity index (χ3v) is 6.77. The molecule has 24 heavy (non-hydrogen) atoms. The number of unbranched alkanes of at least 4 members (excludes halogenated alkanes) is 9. The molecule has 2 heteroatoms. The smallest absolute Gasteiger partial charge is 0.0891 e. The SMILES string of the molecule is CCCCCCCCCCCCSCC1=CC=C(C)C(C)(O)C1C. The first-order valence-corrected chi connectivity index (χ1v) is 11.3. The van der Waals surface area contributed by atoms with Crippen molar-refractivity contribution in [3.05, 3.63) is 23.3 Å². The van der Waals surface area contributed by atoms with Crippen LogP contribution in [0.25, 0.3) is 0 Å². The van der Waals surface area contributed by atoms with Crippen molar-refractivity contribution in [3.8, 4) is 0 Å². The van der Waals surface area contributed by atoms with Crippen molar-refractivity contribution in [2.24, 2.45) is 5.92 Å². The fourth-order valence-corrected chi connectivity index (χ4v) is 4.44. The number of thioether (sulfide) groups is 1. The first kappa shape index (κ1) is 21.8. The quantitative estimate of drug-likeness (QED) is 0.363. The highest BCUT2D eigenvalue weighted by atomic mass is 32.2. The van der Waals surface area contributed by atoms with E-state index in [1.165, 1.54) is 75.5 Å². The zero-order valence-corrected chi connectivity index (χ0v) is 17.4. The van der Waals surface area contributed by atoms with E-state index >= 15 is 0 Å². The van der Waals surface area contributed by atoms with E-state index in [1.54, 1.807) is 0 Å². The summed E-state index contributed by atoms with van der Waals surface area (Å²) in [5.41, 5.74) is 1.81. The first-order chi connectivity index (χ1) is 11.5. The van der Waals surface area contributed by atoms with E-state index < -0.39 is 5.60 Å². The minimum atomic E-state index is -0.665. The van der Waals surface area contributed by atoms with Crippen LogP contribution >= 0.6 is 11.8 Å². The van der Waals surface area contributed by atoms with Crippen LogP contribution in [0.3, 0.4) is 0 Å². The molecule has 1 aliphatic carbocycles. The van der Waals surface area contributed by atoms with Crippen LogP contribution in [0.4, 0.5) is 0 Å². The molecule has 2 atom stereocenters. The van der Waals surface area contributed by atoms with Gasteiger partial charge in [0.25, 0.3) is 0 Å². The van der Waals surface area contributed by atoms with Crippen LogP contribution in [0, 0.1) is 5.92 Å². The van der Waals surface area contributed by atoms with Gasteiger partial charge < -0.3 is 5.11 Å². The van der Waals surface area contributed by atoms with Gasteiger partial charge in [0.15, 0.2) is 0 Å². The van der Waals surface area contributed by atoms with Crippen molar-refractivity contribution in [1.82, 2.24) is 0 Å². The summed E-state index contributed by atoms with van der Waals surface area (Å²) in [4.78, 5) is 0. The van der Waals surface area contributed by atoms with Gasteiger partial charge >= 0.3 is 0 Å². The number of rotatable bonds is 13. The topological polar surface area (TPSA) is 20.2 Å². The number of aliphatic hydroxyl groups is 1. The average molecular weight is 353 g/mol. The average Bonchev–Trinajstić information content (AvgIpc) is 2.56. The molecule has 0 fully saturated rings. The molecule has 0 heterocycles. The minimum absolute atomic E-state index is 0.239. The third-order valence-electron chi connectivity index (χ3n) is 5.66. The van der Waals surface area contributed by atoms with E-state index in [0.29, 0.717) is 0 Å². The van der Waals surface area contributed by atoms with Crippen molar-refractivity contribution in [2.75, 3.05) is 11.5 Å². The molecule has 0 aromatic heterocycles. The Morgan fingerprint density at radius 1 is 0.958 bits per heavy atom. The normalized spacial score (nSPS) is 24.0. The molecule has 0 radical (unpaired) electrons. The Bertz CT molecular complexity index is 395. The highest BCUT2D eigenvalue weighted by Crippen LogP contribution is 2.35. The fraction of sp³-hybridized carbons (Fsp3) is 0.818. The second kappa shape index (κ2) is 12.2. The van der Waals surface area contributed by atoms with Crippen LogP contribution < -0.4 is 0 Å². The second-order valence-corrected chi connectivity index (χ2v) is 8.80. The van der Waals surface area contributed by atoms with E-state index in [9.17, 15) is 5.11 Å². The summed E-state index contributed by atoms with van der Waals surface area (Å²) < 4.78 is 0. The molecule has 1 N–H and O–H groups in total. The van der Waals surface area contributed by atoms with Crippen LogP contribution in [-0.4, -0.2) is 22.2 Å². The molecule has 0 saturated carbocycles. The third kappa shape index (κ3) is 7.78. The van der Waals surface area contributed by atoms with Gasteiger partial charge in [-0.3, -0.25) is 0 Å². The van der Waals surface area contributed by atoms with Crippen molar-refractivity contribution >= 4 is 11.8 Å². The Kier molecular flexibility index (Phi) is 11.1. The van der Waals surface area contributed by atoms with Crippen LogP contribution in [-0.2, 0) is 0 Å². The van der Waals surface area contributed by atoms with Gasteiger partial charge in [-0.2, -0.15) is 11.8 Å². The van der Waals surface area contributed by atoms with Gasteiger partial charge in [-0.25, -0.2) is 0 Å². The van der Waals surface area contributed by atoms with E-state index in [2.05, 4.69) is 26.0 Å². The molecular formula is C22H40OS. The summed E-state index contributed by atoms with van der Waals surface area (Å²) in [6.07, 6.45) is 18.4. The molecule has 140 valence electrons. The van der Waals surface area contributed by atoms with Crippen LogP contribution in [0.2, 0.25) is 0 Å². The molecule has 0 saturated heterocycles. The van der Waals surface area contributed by atoms with Gasteiger partial charge in [-0.15, -0.1) is 0 Å². The largest absolute Gasteiger partial charge is 0.385 e. The van der Waals surface area contributed by atoms with Crippen LogP contribution in [0.5, 0.6) is 0 Å². The van der Waals surface area contributed by atoms with Gasteiger partial charge in [0, 0.05) is 11.7 Å². The summed E-state index contributed by atoms with van der Waals surface area (Å²) in [5, 5.41) is 10.6. The van der Waals surface area contributed by atoms with Gasteiger partial charge in [0.05, 0.1) is 5.60 Å². The van der Waals surface area contributed by atoms with Crippen molar-refractivity contribution in [2.45, 2.75) is 97.5 Å². The molecular weight excluding hydrogens is 312 g/mol. The van der Waals surface area contributed by atoms with E-state index in [-0.39, 0.29) is 5.92 Å². The van der Waals surface area contributed by atoms with Gasteiger partial charge in [-0.05, 0) is 31.6 Å². The summed E-state index contributed by atoms with van der Waals surface area (Å²) >= 11 is 2.03. The Balaban J connectivity index is 1.99. The zero-order valence-electron chi connectivity index (χ0n) is 16.6. The maximum atomic E-state index is 10.6. The Hall–Kier alpha value is -0.210. The highest BCUT2D eigenvalue weighted by Gasteiger charge is 2.34. The molecule has 1 nitrogen and oxygen atoms in total. The predicted molar refractivity (Wildman–Crippen MR) is 111 cm³/mol. The summed E-state index contributed by atoms with van der Waals surface area (Å²) in [6.45, 7) is 8.41. The summed E-state index contributed by atoms with van der Waals surface area (Å²) in [6, 6.07) is 0. The molecule has 0 aliphatic heterocycles. The van der Waals surface area contributed by atoms with Crippen LogP contribution in [0.1, 0.15) is 91.9 Å². The Morgan fingerprint density at radius 3 is 2.08 bits per heavy atom. The molecule has 0 bridgehead atoms. The standard InChI is InChI=1S/C22H40OS/c1-5-6-7-8-9-10-11-12-13-14-17-24-18-21-16-15-19(2)22(4,23)20(21)3/h15-16,20,23H,5-14,17-18H2,1-4H3. The number of allylic oxidation sites excluding steroid dienone is 2. The van der Waals surface area contributed by atoms with Gasteiger partial charge in [0.2, 0.25) is 0 Å². The van der Waals surface area contributed by atoms with Crippen molar-refractivity contribution < 1.29 is 5.11 Å². The van der Waals surface area contributed by atoms with Crippen molar-refractivity contribution in [3.63, 3.8) is 0 Å². The first-order valence-electron chi connectivity index (χ1n) is 10.2. The zero-order chi connectivity index (χ0) is 17.8. The molecule has 1 rings (SSSR count). The molecule has 0 amide bonds. The summed E-state index contributed by atoms with van der Waals surface area (Å²) in [5.74, 6) is 2.56. The molecule has 0 spiro atoms. The number of hydrogen-bond donors (Lipinski definition) is 1. The van der Waals surface area contributed by atoms with Crippen molar-refractivity contribution in [1.29, 1.82) is 0 Å². The lowest BCUT2D eigenvalue weighted by Crippen LogP contribution is -2.37. The minimum Gasteiger partial charge on any atom is -0.385 e. The molecule has 1 aliphatic rings. The predicted octanol–water partition coefficient (Wildman–Crippen LogP) is 6.91. The summed E-state index contributed by atoms with van der Waals surface area (Å²) in [7, 11) is 0. The maximum Gasteiger partial charge on any atom is 0.0891 e. The van der Waals surface area contributed by atoms with Gasteiger partial charge in [-0.1, -0.05) is 89.4 Å². The van der Waals surface area contributed by atoms with E-state index in [4.69, 9.17) is 0 Å². The second-order valence-electron chi connectivity index (χ2n) is 7.70. The van der Waals surface area contributed by atoms with Gasteiger partial charge in [0.1, 0.15) is 0 Å². The molecule has 0 aromatic carbocycles. The maximum absolute atomic E-state index is 10.6. The fourth-order valence-electron chi connectivity index (χ4n) is 3.30. The lowest BCUT2D eigenvalue weighted by Gasteiger charge is -2.35. The monoisotopic (exact) mass is 352 g/mol. The Labute approximate surface area is 155 Å². The lowest BCUT2D eigenvalue weighted by atomic mass is 9.77. The van der Waals surface area contributed by atoms with Crippen LogP contribution in [0.15, 0.2) is 23.3 Å². The number of hydrogen-bond acceptors (Lipinski definition) is 2. The lowest BCUT2D eigenvalue weighted by molar-refractivity contribution is 0.0558. The van der Waals surface area contributed by atoms with E-state index in [0.717, 1.165) is 11.3 Å². The van der Waals surface area contributed by atoms with E-state index in [1.807, 2.05) is 25.6 Å². The molecule has 0 aromatic rings. The highest BCUT2D eigenvalue weighted by molar-refractivity contribution is 7.99. The Morgan fingerprint density at radius 2 is 1.50 bits per heavy atom. The molecule has 2 unspecified atom stereocenters.